The molecule has 3 aromatic rings. The third kappa shape index (κ3) is 7.12. The van der Waals surface area contributed by atoms with Crippen LogP contribution in [0.2, 0.25) is 5.02 Å². The van der Waals surface area contributed by atoms with Crippen LogP contribution in [-0.4, -0.2) is 100 Å². The van der Waals surface area contributed by atoms with Crippen LogP contribution < -0.4 is 9.64 Å². The second-order valence-electron chi connectivity index (χ2n) is 13.0. The molecule has 4 aliphatic heterocycles. The Balaban J connectivity index is 0.000000544. The Kier molecular flexibility index (Phi) is 9.92. The van der Waals surface area contributed by atoms with Crippen LogP contribution in [0.4, 0.5) is 10.2 Å². The Bertz CT molecular complexity index is 1470. The summed E-state index contributed by atoms with van der Waals surface area (Å²) in [5.41, 5.74) is 0.641. The number of methoxy groups -OCH3 is 1. The number of fused-ring (bicyclic) bond motifs is 2. The minimum Gasteiger partial charge on any atom is -0.508 e. The van der Waals surface area contributed by atoms with Gasteiger partial charge in [-0.2, -0.15) is 21.7 Å². The molecule has 5 aliphatic rings. The van der Waals surface area contributed by atoms with E-state index in [1.807, 2.05) is 11.8 Å². The minimum absolute atomic E-state index is 0.00992. The number of benzene rings is 1. The molecular formula is C33H43ClFN5O4S. The molecule has 1 spiro atoms. The maximum atomic E-state index is 16.2. The monoisotopic (exact) mass is 659 g/mol. The van der Waals surface area contributed by atoms with Gasteiger partial charge in [0, 0.05) is 55.6 Å². The molecule has 2 aromatic heterocycles. The van der Waals surface area contributed by atoms with Gasteiger partial charge in [-0.3, -0.25) is 9.88 Å². The highest BCUT2D eigenvalue weighted by Crippen LogP contribution is 2.49. The molecule has 1 saturated carbocycles. The fraction of sp³-hybridized carbons (Fsp3) is 0.606. The van der Waals surface area contributed by atoms with Crippen LogP contribution in [0.3, 0.4) is 0 Å². The summed E-state index contributed by atoms with van der Waals surface area (Å²) in [6, 6.07) is 4.58. The molecule has 9 nitrogen and oxygen atoms in total. The number of anilines is 1. The SMILES string of the molecule is C1CS1.COC.Oc1cc(Cl)cc(-c2ncc3c(N4CCCC5(CC(O)C5)C4)nc(OCC45CCCN4CCC5)nc3c2F)c1. The number of piperidine rings is 1. The molecule has 0 unspecified atom stereocenters. The number of thioether (sulfide) groups is 1. The summed E-state index contributed by atoms with van der Waals surface area (Å²) < 4.78 is 26.7. The van der Waals surface area contributed by atoms with Crippen molar-refractivity contribution in [1.29, 1.82) is 0 Å². The number of hydrogen-bond donors (Lipinski definition) is 2. The van der Waals surface area contributed by atoms with Gasteiger partial charge in [0.25, 0.3) is 0 Å². The summed E-state index contributed by atoms with van der Waals surface area (Å²) in [7, 11) is 3.25. The van der Waals surface area contributed by atoms with Crippen molar-refractivity contribution in [3.05, 3.63) is 35.2 Å². The second kappa shape index (κ2) is 13.7. The molecule has 1 aliphatic carbocycles. The largest absolute Gasteiger partial charge is 0.508 e. The first kappa shape index (κ1) is 32.5. The fourth-order valence-electron chi connectivity index (χ4n) is 7.56. The molecule has 5 fully saturated rings. The predicted octanol–water partition coefficient (Wildman–Crippen LogP) is 5.93. The van der Waals surface area contributed by atoms with Crippen molar-refractivity contribution in [2.75, 3.05) is 63.4 Å². The third-order valence-corrected chi connectivity index (χ3v) is 10.2. The van der Waals surface area contributed by atoms with E-state index in [0.717, 1.165) is 77.5 Å². The molecule has 0 radical (unpaired) electrons. The highest BCUT2D eigenvalue weighted by atomic mass is 35.5. The van der Waals surface area contributed by atoms with Crippen LogP contribution in [0.15, 0.2) is 24.4 Å². The molecule has 45 heavy (non-hydrogen) atoms. The van der Waals surface area contributed by atoms with Crippen LogP contribution in [0.25, 0.3) is 22.2 Å². The number of hydrogen-bond acceptors (Lipinski definition) is 10. The number of aliphatic hydroxyl groups excluding tert-OH is 1. The lowest BCUT2D eigenvalue weighted by Gasteiger charge is -2.51. The molecule has 6 heterocycles. The number of rotatable bonds is 5. The van der Waals surface area contributed by atoms with Crippen LogP contribution in [-0.2, 0) is 4.74 Å². The summed E-state index contributed by atoms with van der Waals surface area (Å²) in [4.78, 5) is 18.6. The summed E-state index contributed by atoms with van der Waals surface area (Å²) in [5, 5.41) is 20.9. The van der Waals surface area contributed by atoms with Crippen LogP contribution >= 0.6 is 23.4 Å². The number of phenols is 1. The maximum absolute atomic E-state index is 16.2. The number of pyridine rings is 1. The van der Waals surface area contributed by atoms with Crippen molar-refractivity contribution in [2.45, 2.75) is 63.0 Å². The smallest absolute Gasteiger partial charge is 0.319 e. The highest BCUT2D eigenvalue weighted by molar-refractivity contribution is 8.06. The number of halogens is 2. The number of aliphatic hydroxyl groups is 1. The topological polar surface area (TPSA) is 104 Å². The van der Waals surface area contributed by atoms with E-state index in [9.17, 15) is 10.2 Å². The quantitative estimate of drug-likeness (QED) is 0.320. The van der Waals surface area contributed by atoms with Gasteiger partial charge in [0.05, 0.1) is 17.0 Å². The first-order valence-electron chi connectivity index (χ1n) is 15.9. The number of aromatic hydroxyl groups is 1. The summed E-state index contributed by atoms with van der Waals surface area (Å²) in [6.07, 6.45) is 9.46. The van der Waals surface area contributed by atoms with Crippen molar-refractivity contribution in [3.8, 4) is 23.0 Å². The summed E-state index contributed by atoms with van der Waals surface area (Å²) >= 11 is 8.14. The van der Waals surface area contributed by atoms with E-state index >= 15 is 4.39 Å². The van der Waals surface area contributed by atoms with Crippen LogP contribution in [0.1, 0.15) is 51.4 Å². The van der Waals surface area contributed by atoms with E-state index in [4.69, 9.17) is 21.3 Å². The lowest BCUT2D eigenvalue weighted by atomic mass is 9.62. The lowest BCUT2D eigenvalue weighted by Crippen LogP contribution is -2.52. The van der Waals surface area contributed by atoms with Crippen molar-refractivity contribution in [3.63, 3.8) is 0 Å². The first-order chi connectivity index (χ1) is 21.7. The van der Waals surface area contributed by atoms with Gasteiger partial charge in [-0.25, -0.2) is 4.39 Å². The Morgan fingerprint density at radius 1 is 1.04 bits per heavy atom. The van der Waals surface area contributed by atoms with E-state index in [1.165, 1.54) is 23.6 Å². The van der Waals surface area contributed by atoms with E-state index in [0.29, 0.717) is 23.4 Å². The highest BCUT2D eigenvalue weighted by Gasteiger charge is 2.47. The Labute approximate surface area is 273 Å². The molecule has 0 bridgehead atoms. The van der Waals surface area contributed by atoms with Gasteiger partial charge in [-0.1, -0.05) is 11.6 Å². The van der Waals surface area contributed by atoms with E-state index < -0.39 is 5.82 Å². The average molecular weight is 660 g/mol. The first-order valence-corrected chi connectivity index (χ1v) is 17.4. The minimum atomic E-state index is -0.602. The van der Waals surface area contributed by atoms with Gasteiger partial charge in [0.2, 0.25) is 0 Å². The van der Waals surface area contributed by atoms with Gasteiger partial charge >= 0.3 is 6.01 Å². The van der Waals surface area contributed by atoms with E-state index in [-0.39, 0.29) is 45.1 Å². The summed E-state index contributed by atoms with van der Waals surface area (Å²) in [5.74, 6) is 2.79. The lowest BCUT2D eigenvalue weighted by molar-refractivity contribution is -0.0396. The second-order valence-corrected chi connectivity index (χ2v) is 14.7. The Morgan fingerprint density at radius 3 is 2.38 bits per heavy atom. The Hall–Kier alpha value is -2.44. The number of nitrogens with zero attached hydrogens (tertiary/aromatic N) is 5. The van der Waals surface area contributed by atoms with Gasteiger partial charge in [-0.15, -0.1) is 0 Å². The zero-order valence-corrected chi connectivity index (χ0v) is 27.7. The Morgan fingerprint density at radius 2 is 1.73 bits per heavy atom. The molecule has 0 atom stereocenters. The van der Waals surface area contributed by atoms with Crippen LogP contribution in [0, 0.1) is 11.2 Å². The average Bonchev–Trinajstić information content (AvgIpc) is 3.75. The van der Waals surface area contributed by atoms with Gasteiger partial charge in [-0.05, 0) is 88.1 Å². The van der Waals surface area contributed by atoms with Crippen molar-refractivity contribution >= 4 is 40.1 Å². The van der Waals surface area contributed by atoms with Gasteiger partial charge < -0.3 is 24.6 Å². The standard InChI is InChI=1S/C29H33ClFN5O3.C2H6O.C2H4S/c30-19-10-18(11-20(37)12-19)24-23(31)25-22(15-32-24)26(35-7-1-4-28(16-35)13-21(38)14-28)34-27(33-25)39-17-29-5-2-8-36(29)9-3-6-29;1-3-2;1-2-3-1/h10-12,15,21,37-38H,1-9,13-14,16-17H2;1-2H3;1-2H2. The zero-order chi connectivity index (χ0) is 31.6. The molecule has 2 N–H and O–H groups in total. The number of ether oxygens (including phenoxy) is 2. The number of aromatic nitrogens is 3. The summed E-state index contributed by atoms with van der Waals surface area (Å²) in [6.45, 7) is 4.19. The van der Waals surface area contributed by atoms with Crippen molar-refractivity contribution in [1.82, 2.24) is 19.9 Å². The molecular weight excluding hydrogens is 617 g/mol. The van der Waals surface area contributed by atoms with Crippen molar-refractivity contribution in [2.24, 2.45) is 5.41 Å². The van der Waals surface area contributed by atoms with E-state index in [2.05, 4.69) is 24.5 Å². The molecule has 4 saturated heterocycles. The van der Waals surface area contributed by atoms with Crippen LogP contribution in [0.5, 0.6) is 11.8 Å². The fourth-order valence-corrected chi connectivity index (χ4v) is 7.79. The maximum Gasteiger partial charge on any atom is 0.319 e. The molecule has 1 aromatic carbocycles. The van der Waals surface area contributed by atoms with Gasteiger partial charge in [0.15, 0.2) is 5.82 Å². The molecule has 8 rings (SSSR count). The van der Waals surface area contributed by atoms with E-state index in [1.54, 1.807) is 26.5 Å². The predicted molar refractivity (Wildman–Crippen MR) is 177 cm³/mol. The van der Waals surface area contributed by atoms with Crippen molar-refractivity contribution < 1.29 is 24.1 Å². The third-order valence-electron chi connectivity index (χ3n) is 9.58. The normalized spacial score (nSPS) is 24.7. The molecule has 12 heteroatoms. The van der Waals surface area contributed by atoms with Gasteiger partial charge in [0.1, 0.15) is 29.4 Å². The molecule has 0 amide bonds. The molecule has 244 valence electrons. The number of phenolic OH excluding ortho intramolecular Hbond substituents is 1. The zero-order valence-electron chi connectivity index (χ0n) is 26.1.